The van der Waals surface area contributed by atoms with Gasteiger partial charge in [-0.25, -0.2) is 4.98 Å². The SMILES string of the molecule is Cc1nc(CNc2c(N)c(C)nn2C)cs1. The van der Waals surface area contributed by atoms with Gasteiger partial charge in [0.15, 0.2) is 0 Å². The number of hydrogen-bond acceptors (Lipinski definition) is 5. The molecule has 0 aliphatic carbocycles. The van der Waals surface area contributed by atoms with Gasteiger partial charge in [-0.15, -0.1) is 11.3 Å². The van der Waals surface area contributed by atoms with Crippen molar-refractivity contribution in [2.45, 2.75) is 20.4 Å². The Morgan fingerprint density at radius 1 is 1.50 bits per heavy atom. The summed E-state index contributed by atoms with van der Waals surface area (Å²) < 4.78 is 1.75. The number of nitrogens with two attached hydrogens (primary N) is 1. The molecule has 0 amide bonds. The minimum Gasteiger partial charge on any atom is -0.394 e. The fraction of sp³-hybridized carbons (Fsp3) is 0.400. The van der Waals surface area contributed by atoms with Crippen LogP contribution in [0.3, 0.4) is 0 Å². The van der Waals surface area contributed by atoms with Crippen LogP contribution in [-0.2, 0) is 13.6 Å². The molecule has 0 radical (unpaired) electrons. The number of nitrogen functional groups attached to an aromatic ring is 1. The van der Waals surface area contributed by atoms with Crippen molar-refractivity contribution >= 4 is 22.8 Å². The fourth-order valence-corrected chi connectivity index (χ4v) is 2.16. The van der Waals surface area contributed by atoms with E-state index in [1.807, 2.05) is 26.3 Å². The van der Waals surface area contributed by atoms with E-state index < -0.39 is 0 Å². The van der Waals surface area contributed by atoms with Crippen LogP contribution in [0.2, 0.25) is 0 Å². The molecule has 2 rings (SSSR count). The lowest BCUT2D eigenvalue weighted by atomic mass is 10.4. The van der Waals surface area contributed by atoms with E-state index in [1.54, 1.807) is 16.0 Å². The molecule has 0 spiro atoms. The van der Waals surface area contributed by atoms with Gasteiger partial charge in [0.25, 0.3) is 0 Å². The highest BCUT2D eigenvalue weighted by Crippen LogP contribution is 2.21. The van der Waals surface area contributed by atoms with Gasteiger partial charge in [0.2, 0.25) is 0 Å². The Bertz CT molecular complexity index is 499. The van der Waals surface area contributed by atoms with Crippen LogP contribution in [0.1, 0.15) is 16.4 Å². The third-order valence-corrected chi connectivity index (χ3v) is 3.19. The Morgan fingerprint density at radius 3 is 2.75 bits per heavy atom. The molecule has 0 saturated carbocycles. The van der Waals surface area contributed by atoms with Crippen LogP contribution in [0.5, 0.6) is 0 Å². The first-order valence-corrected chi connectivity index (χ1v) is 5.90. The van der Waals surface area contributed by atoms with E-state index in [-0.39, 0.29) is 0 Å². The average molecular weight is 237 g/mol. The molecule has 0 aliphatic rings. The van der Waals surface area contributed by atoms with Gasteiger partial charge < -0.3 is 11.1 Å². The largest absolute Gasteiger partial charge is 0.394 e. The van der Waals surface area contributed by atoms with Gasteiger partial charge in [-0.1, -0.05) is 0 Å². The summed E-state index contributed by atoms with van der Waals surface area (Å²) >= 11 is 1.65. The predicted molar refractivity (Wildman–Crippen MR) is 66.5 cm³/mol. The molecule has 0 aromatic carbocycles. The van der Waals surface area contributed by atoms with E-state index in [4.69, 9.17) is 5.73 Å². The molecule has 2 aromatic rings. The van der Waals surface area contributed by atoms with Crippen LogP contribution in [0.15, 0.2) is 5.38 Å². The van der Waals surface area contributed by atoms with Crippen LogP contribution >= 0.6 is 11.3 Å². The van der Waals surface area contributed by atoms with Crippen molar-refractivity contribution in [1.82, 2.24) is 14.8 Å². The third-order valence-electron chi connectivity index (χ3n) is 2.37. The topological polar surface area (TPSA) is 68.8 Å². The fourth-order valence-electron chi connectivity index (χ4n) is 1.55. The van der Waals surface area contributed by atoms with Crippen LogP contribution < -0.4 is 11.1 Å². The van der Waals surface area contributed by atoms with Crippen molar-refractivity contribution in [2.24, 2.45) is 7.05 Å². The lowest BCUT2D eigenvalue weighted by Crippen LogP contribution is -2.06. The minimum absolute atomic E-state index is 0.674. The molecular weight excluding hydrogens is 222 g/mol. The van der Waals surface area contributed by atoms with Crippen molar-refractivity contribution in [3.63, 3.8) is 0 Å². The van der Waals surface area contributed by atoms with E-state index in [0.29, 0.717) is 12.2 Å². The molecule has 0 unspecified atom stereocenters. The number of aromatic nitrogens is 3. The molecule has 2 aromatic heterocycles. The molecule has 0 fully saturated rings. The summed E-state index contributed by atoms with van der Waals surface area (Å²) in [5, 5.41) is 10.6. The van der Waals surface area contributed by atoms with Crippen LogP contribution in [-0.4, -0.2) is 14.8 Å². The maximum absolute atomic E-state index is 5.91. The van der Waals surface area contributed by atoms with Gasteiger partial charge in [-0.3, -0.25) is 4.68 Å². The van der Waals surface area contributed by atoms with Gasteiger partial charge in [0.05, 0.1) is 28.6 Å². The Labute approximate surface area is 98.3 Å². The number of nitrogens with zero attached hydrogens (tertiary/aromatic N) is 3. The lowest BCUT2D eigenvalue weighted by Gasteiger charge is -2.05. The highest BCUT2D eigenvalue weighted by atomic mass is 32.1. The zero-order valence-electron chi connectivity index (χ0n) is 9.61. The quantitative estimate of drug-likeness (QED) is 0.852. The third kappa shape index (κ3) is 2.01. The number of rotatable bonds is 3. The normalized spacial score (nSPS) is 10.7. The number of anilines is 2. The molecule has 0 atom stereocenters. The van der Waals surface area contributed by atoms with E-state index >= 15 is 0 Å². The summed E-state index contributed by atoms with van der Waals surface area (Å²) in [4.78, 5) is 4.38. The van der Waals surface area contributed by atoms with E-state index in [1.165, 1.54) is 0 Å². The second-order valence-electron chi connectivity index (χ2n) is 3.68. The minimum atomic E-state index is 0.674. The van der Waals surface area contributed by atoms with Gasteiger partial charge in [-0.2, -0.15) is 5.10 Å². The highest BCUT2D eigenvalue weighted by molar-refractivity contribution is 7.09. The first-order valence-electron chi connectivity index (χ1n) is 5.02. The summed E-state index contributed by atoms with van der Waals surface area (Å²) in [7, 11) is 1.87. The highest BCUT2D eigenvalue weighted by Gasteiger charge is 2.09. The maximum atomic E-state index is 5.91. The monoisotopic (exact) mass is 237 g/mol. The van der Waals surface area contributed by atoms with E-state index in [2.05, 4.69) is 15.4 Å². The molecule has 86 valence electrons. The van der Waals surface area contributed by atoms with Crippen molar-refractivity contribution in [3.8, 4) is 0 Å². The Morgan fingerprint density at radius 2 is 2.25 bits per heavy atom. The van der Waals surface area contributed by atoms with E-state index in [0.717, 1.165) is 22.2 Å². The number of aryl methyl sites for hydroxylation is 3. The second-order valence-corrected chi connectivity index (χ2v) is 4.74. The second kappa shape index (κ2) is 4.13. The van der Waals surface area contributed by atoms with Crippen molar-refractivity contribution in [2.75, 3.05) is 11.1 Å². The molecule has 0 aliphatic heterocycles. The van der Waals surface area contributed by atoms with Crippen LogP contribution in [0, 0.1) is 13.8 Å². The lowest BCUT2D eigenvalue weighted by molar-refractivity contribution is 0.757. The van der Waals surface area contributed by atoms with Gasteiger partial charge in [0, 0.05) is 12.4 Å². The molecule has 5 nitrogen and oxygen atoms in total. The first kappa shape index (κ1) is 10.9. The average Bonchev–Trinajstić information content (AvgIpc) is 2.72. The smallest absolute Gasteiger partial charge is 0.148 e. The van der Waals surface area contributed by atoms with Gasteiger partial charge in [-0.05, 0) is 13.8 Å². The Kier molecular flexibility index (Phi) is 2.82. The summed E-state index contributed by atoms with van der Waals surface area (Å²) in [6.45, 7) is 4.57. The summed E-state index contributed by atoms with van der Waals surface area (Å²) in [6.07, 6.45) is 0. The maximum Gasteiger partial charge on any atom is 0.148 e. The van der Waals surface area contributed by atoms with Crippen molar-refractivity contribution < 1.29 is 0 Å². The standard InChI is InChI=1S/C10H15N5S/c1-6-9(11)10(15(3)14-6)12-4-8-5-16-7(2)13-8/h5,12H,4,11H2,1-3H3. The van der Waals surface area contributed by atoms with Crippen molar-refractivity contribution in [1.29, 1.82) is 0 Å². The summed E-state index contributed by atoms with van der Waals surface area (Å²) in [5.74, 6) is 0.850. The molecular formula is C10H15N5S. The molecule has 0 saturated heterocycles. The van der Waals surface area contributed by atoms with Gasteiger partial charge in [0.1, 0.15) is 5.82 Å². The van der Waals surface area contributed by atoms with Crippen LogP contribution in [0.4, 0.5) is 11.5 Å². The molecule has 6 heteroatoms. The zero-order valence-corrected chi connectivity index (χ0v) is 10.4. The first-order chi connectivity index (χ1) is 7.58. The molecule has 0 bridgehead atoms. The number of hydrogen-bond donors (Lipinski definition) is 2. The summed E-state index contributed by atoms with van der Waals surface area (Å²) in [5.41, 5.74) is 8.49. The molecule has 3 N–H and O–H groups in total. The number of nitrogens with one attached hydrogen (secondary N) is 1. The zero-order chi connectivity index (χ0) is 11.7. The molecule has 2 heterocycles. The van der Waals surface area contributed by atoms with E-state index in [9.17, 15) is 0 Å². The number of thiazole rings is 1. The van der Waals surface area contributed by atoms with Crippen LogP contribution in [0.25, 0.3) is 0 Å². The van der Waals surface area contributed by atoms with Gasteiger partial charge >= 0.3 is 0 Å². The Hall–Kier alpha value is -1.56. The summed E-state index contributed by atoms with van der Waals surface area (Å²) in [6, 6.07) is 0. The molecule has 16 heavy (non-hydrogen) atoms. The predicted octanol–water partition coefficient (Wildman–Crippen LogP) is 1.69. The Balaban J connectivity index is 2.10. The van der Waals surface area contributed by atoms with Crippen molar-refractivity contribution in [3.05, 3.63) is 21.8 Å².